The van der Waals surface area contributed by atoms with Gasteiger partial charge in [-0.1, -0.05) is 6.07 Å². The van der Waals surface area contributed by atoms with Crippen molar-refractivity contribution < 1.29 is 18.0 Å². The van der Waals surface area contributed by atoms with Crippen LogP contribution in [0.15, 0.2) is 78.0 Å². The molecule has 0 unspecified atom stereocenters. The van der Waals surface area contributed by atoms with Gasteiger partial charge in [0.15, 0.2) is 5.56 Å². The van der Waals surface area contributed by atoms with Crippen LogP contribution in [0.4, 0.5) is 41.2 Å². The summed E-state index contributed by atoms with van der Waals surface area (Å²) in [5.41, 5.74) is 0.291. The molecule has 0 aliphatic rings. The Balaban J connectivity index is 1.37. The van der Waals surface area contributed by atoms with Crippen LogP contribution in [-0.2, 0) is 6.18 Å². The first kappa shape index (κ1) is 28.0. The minimum Gasteiger partial charge on any atom is -0.344 e. The van der Waals surface area contributed by atoms with Crippen molar-refractivity contribution in [1.29, 1.82) is 5.26 Å². The number of pyridine rings is 1. The van der Waals surface area contributed by atoms with Crippen molar-refractivity contribution in [1.82, 2.24) is 19.3 Å². The van der Waals surface area contributed by atoms with Crippen molar-refractivity contribution in [3.63, 3.8) is 0 Å². The first-order valence-corrected chi connectivity index (χ1v) is 13.0. The van der Waals surface area contributed by atoms with E-state index < -0.39 is 23.2 Å². The number of nitriles is 1. The van der Waals surface area contributed by atoms with Crippen molar-refractivity contribution in [2.75, 3.05) is 16.0 Å². The molecule has 0 fully saturated rings. The summed E-state index contributed by atoms with van der Waals surface area (Å²) in [5, 5.41) is 17.2. The molecule has 210 valence electrons. The van der Waals surface area contributed by atoms with E-state index in [-0.39, 0.29) is 33.5 Å². The summed E-state index contributed by atoms with van der Waals surface area (Å²) >= 11 is 0.704. The number of aromatic nitrogens is 4. The average molecular weight is 589 g/mol. The molecule has 0 spiro atoms. The highest BCUT2D eigenvalue weighted by Crippen LogP contribution is 2.38. The fourth-order valence-corrected chi connectivity index (χ4v) is 4.59. The maximum atomic E-state index is 13.9. The number of aryl methyl sites for hydroxylation is 1. The number of hydrogen-bond acceptors (Lipinski definition) is 9. The summed E-state index contributed by atoms with van der Waals surface area (Å²) in [6.07, 6.45) is 0.0979. The lowest BCUT2D eigenvalue weighted by molar-refractivity contribution is -0.136. The van der Waals surface area contributed by atoms with Gasteiger partial charge in [-0.25, -0.2) is 9.97 Å². The van der Waals surface area contributed by atoms with Crippen LogP contribution in [0.1, 0.15) is 27.0 Å². The fourth-order valence-electron chi connectivity index (χ4n) is 3.90. The molecule has 4 N–H and O–H groups in total. The van der Waals surface area contributed by atoms with Gasteiger partial charge in [0.1, 0.15) is 11.1 Å². The Hall–Kier alpha value is -5.55. The van der Waals surface area contributed by atoms with Crippen LogP contribution in [0.3, 0.4) is 0 Å². The van der Waals surface area contributed by atoms with Crippen LogP contribution in [0.25, 0.3) is 11.3 Å². The number of aromatic amines is 1. The van der Waals surface area contributed by atoms with Crippen LogP contribution in [0.2, 0.25) is 0 Å². The molecule has 0 bridgehead atoms. The van der Waals surface area contributed by atoms with E-state index in [0.717, 1.165) is 23.3 Å². The number of amides is 1. The van der Waals surface area contributed by atoms with E-state index in [4.69, 9.17) is 5.26 Å². The molecule has 0 saturated carbocycles. The Morgan fingerprint density at radius 2 is 1.88 bits per heavy atom. The van der Waals surface area contributed by atoms with Crippen molar-refractivity contribution in [2.24, 2.45) is 0 Å². The lowest BCUT2D eigenvalue weighted by atomic mass is 10.1. The van der Waals surface area contributed by atoms with Crippen molar-refractivity contribution >= 4 is 45.5 Å². The standard InChI is InChI=1S/C28H19F3N8O2S/c1-15-4-5-16(11-23(15)38-27-34-10-8-21(37-27)17-3-2-9-33-14-17)24(40)35-18-6-7-22(20(12-18)28(29,30)31)36-26-19(13-32)25(41)39-42-26/h2-12,14,36H,1H3,(H,35,40)(H,39,41)(H,34,37,38). The Labute approximate surface area is 240 Å². The van der Waals surface area contributed by atoms with Gasteiger partial charge in [-0.15, -0.1) is 0 Å². The van der Waals surface area contributed by atoms with Gasteiger partial charge >= 0.3 is 6.18 Å². The molecule has 14 heteroatoms. The van der Waals surface area contributed by atoms with Gasteiger partial charge in [-0.2, -0.15) is 18.4 Å². The molecule has 0 aliphatic heterocycles. The van der Waals surface area contributed by atoms with Gasteiger partial charge in [-0.3, -0.25) is 18.9 Å². The quantitative estimate of drug-likeness (QED) is 0.175. The molecule has 3 heterocycles. The Bertz CT molecular complexity index is 1880. The van der Waals surface area contributed by atoms with E-state index in [1.54, 1.807) is 55.0 Å². The topological polar surface area (TPSA) is 148 Å². The summed E-state index contributed by atoms with van der Waals surface area (Å²) in [6.45, 7) is 1.81. The number of carbonyl (C=O) groups excluding carboxylic acids is 1. The predicted octanol–water partition coefficient (Wildman–Crippen LogP) is 6.23. The summed E-state index contributed by atoms with van der Waals surface area (Å²) < 4.78 is 44.0. The summed E-state index contributed by atoms with van der Waals surface area (Å²) in [4.78, 5) is 37.5. The number of alkyl halides is 3. The summed E-state index contributed by atoms with van der Waals surface area (Å²) in [6, 6.07) is 15.0. The second-order valence-electron chi connectivity index (χ2n) is 8.85. The molecule has 2 aromatic carbocycles. The molecular weight excluding hydrogens is 569 g/mol. The van der Waals surface area contributed by atoms with E-state index in [9.17, 15) is 22.8 Å². The van der Waals surface area contributed by atoms with Gasteiger partial charge in [0.25, 0.3) is 11.5 Å². The van der Waals surface area contributed by atoms with Gasteiger partial charge in [0.2, 0.25) is 5.95 Å². The van der Waals surface area contributed by atoms with E-state index >= 15 is 0 Å². The SMILES string of the molecule is Cc1ccc(C(=O)Nc2ccc(Nc3s[nH]c(=O)c3C#N)c(C(F)(F)F)c2)cc1Nc1nccc(-c2cccnc2)n1. The monoisotopic (exact) mass is 588 g/mol. The lowest BCUT2D eigenvalue weighted by Gasteiger charge is -2.16. The third kappa shape index (κ3) is 6.11. The number of anilines is 5. The van der Waals surface area contributed by atoms with Crippen LogP contribution in [-0.4, -0.2) is 25.2 Å². The molecule has 0 radical (unpaired) electrons. The second-order valence-corrected chi connectivity index (χ2v) is 9.66. The highest BCUT2D eigenvalue weighted by atomic mass is 32.1. The van der Waals surface area contributed by atoms with Crippen LogP contribution < -0.4 is 21.5 Å². The third-order valence-electron chi connectivity index (χ3n) is 6.00. The highest BCUT2D eigenvalue weighted by Gasteiger charge is 2.34. The maximum absolute atomic E-state index is 13.9. The van der Waals surface area contributed by atoms with Gasteiger partial charge in [0.05, 0.1) is 16.9 Å². The minimum atomic E-state index is -4.80. The fraction of sp³-hybridized carbons (Fsp3) is 0.0714. The van der Waals surface area contributed by atoms with Gasteiger partial charge < -0.3 is 16.0 Å². The number of halogens is 3. The van der Waals surface area contributed by atoms with Crippen molar-refractivity contribution in [2.45, 2.75) is 13.1 Å². The highest BCUT2D eigenvalue weighted by molar-refractivity contribution is 7.10. The van der Waals surface area contributed by atoms with Crippen molar-refractivity contribution in [3.05, 3.63) is 106 Å². The van der Waals surface area contributed by atoms with E-state index in [2.05, 4.69) is 35.3 Å². The van der Waals surface area contributed by atoms with E-state index in [1.807, 2.05) is 13.0 Å². The predicted molar refractivity (Wildman–Crippen MR) is 152 cm³/mol. The number of nitrogens with one attached hydrogen (secondary N) is 4. The van der Waals surface area contributed by atoms with Gasteiger partial charge in [0, 0.05) is 41.1 Å². The molecular formula is C28H19F3N8O2S. The largest absolute Gasteiger partial charge is 0.418 e. The molecule has 1 amide bonds. The van der Waals surface area contributed by atoms with Gasteiger partial charge in [-0.05, 0) is 72.6 Å². The number of carbonyl (C=O) groups is 1. The van der Waals surface area contributed by atoms with E-state index in [1.165, 1.54) is 6.07 Å². The molecule has 3 aromatic heterocycles. The third-order valence-corrected chi connectivity index (χ3v) is 6.80. The zero-order valence-electron chi connectivity index (χ0n) is 21.6. The number of hydrogen-bond donors (Lipinski definition) is 4. The van der Waals surface area contributed by atoms with Crippen LogP contribution in [0.5, 0.6) is 0 Å². The molecule has 42 heavy (non-hydrogen) atoms. The van der Waals surface area contributed by atoms with E-state index in [0.29, 0.717) is 22.9 Å². The molecule has 0 saturated heterocycles. The molecule has 0 aliphatic carbocycles. The zero-order valence-corrected chi connectivity index (χ0v) is 22.4. The molecule has 5 rings (SSSR count). The number of nitrogens with zero attached hydrogens (tertiary/aromatic N) is 4. The number of H-pyrrole nitrogens is 1. The normalized spacial score (nSPS) is 11.0. The maximum Gasteiger partial charge on any atom is 0.418 e. The number of rotatable bonds is 7. The summed E-state index contributed by atoms with van der Waals surface area (Å²) in [7, 11) is 0. The summed E-state index contributed by atoms with van der Waals surface area (Å²) in [5.74, 6) is -0.366. The molecule has 0 atom stereocenters. The molecule has 5 aromatic rings. The first-order chi connectivity index (χ1) is 20.1. The Morgan fingerprint density at radius 3 is 2.62 bits per heavy atom. The van der Waals surface area contributed by atoms with Crippen LogP contribution in [0, 0.1) is 18.3 Å². The zero-order chi connectivity index (χ0) is 29.9. The minimum absolute atomic E-state index is 0.0561. The smallest absolute Gasteiger partial charge is 0.344 e. The van der Waals surface area contributed by atoms with Crippen LogP contribution >= 0.6 is 11.5 Å². The second kappa shape index (κ2) is 11.5. The Morgan fingerprint density at radius 1 is 1.05 bits per heavy atom. The molecule has 10 nitrogen and oxygen atoms in total. The Kier molecular flexibility index (Phi) is 7.67. The number of benzene rings is 2. The average Bonchev–Trinajstić information content (AvgIpc) is 3.33. The lowest BCUT2D eigenvalue weighted by Crippen LogP contribution is -2.15. The van der Waals surface area contributed by atoms with Crippen molar-refractivity contribution in [3.8, 4) is 17.3 Å². The first-order valence-electron chi connectivity index (χ1n) is 12.1.